The summed E-state index contributed by atoms with van der Waals surface area (Å²) in [6.07, 6.45) is 0. The molecule has 0 spiro atoms. The molecule has 0 aliphatic carbocycles. The minimum absolute atomic E-state index is 0.129. The SMILES string of the molecule is Cc1ccc(C(=O)Nc2ccc(S(=O)(=O)O)c3cc(S(=O)(=O)O)cc(S(=O)(=O)O)c23)cc1NC(=O)c1ccc([N+](=O)[O-])cc1S(=O)(=O)O. The molecule has 0 atom stereocenters. The molecule has 4 rings (SSSR count). The third-order valence-corrected chi connectivity index (χ3v) is 10.1. The number of anilines is 2. The van der Waals surface area contributed by atoms with Gasteiger partial charge in [-0.3, -0.25) is 37.9 Å². The average Bonchev–Trinajstić information content (AvgIpc) is 2.95. The van der Waals surface area contributed by atoms with Crippen LogP contribution in [0.2, 0.25) is 0 Å². The molecular formula is C25H19N3O16S4. The summed E-state index contributed by atoms with van der Waals surface area (Å²) in [5.74, 6) is -2.27. The lowest BCUT2D eigenvalue weighted by Gasteiger charge is -2.16. The first-order valence-electron chi connectivity index (χ1n) is 12.4. The summed E-state index contributed by atoms with van der Waals surface area (Å²) in [6.45, 7) is 1.45. The fourth-order valence-electron chi connectivity index (χ4n) is 4.38. The van der Waals surface area contributed by atoms with Crippen LogP contribution in [0.3, 0.4) is 0 Å². The zero-order valence-electron chi connectivity index (χ0n) is 23.5. The standard InChI is InChI=1S/C25H19N3O16S4/c1-12-2-3-13(8-19(12)27-25(30)16-5-4-14(28(31)32)9-21(16)47(39,40)41)24(29)26-18-6-7-20(46(36,37)38)17-10-15(45(33,34)35)11-22(23(17)18)48(42,43)44/h2-11H,1H3,(H,26,29)(H,27,30)(H,33,34,35)(H,36,37,38)(H,39,40,41)(H,42,43,44). The fourth-order valence-corrected chi connectivity index (χ4v) is 7.13. The van der Waals surface area contributed by atoms with Crippen molar-refractivity contribution >= 4 is 80.1 Å². The van der Waals surface area contributed by atoms with E-state index < -0.39 is 105 Å². The van der Waals surface area contributed by atoms with Crippen molar-refractivity contribution < 1.29 is 66.4 Å². The van der Waals surface area contributed by atoms with E-state index in [0.717, 1.165) is 24.3 Å². The van der Waals surface area contributed by atoms with Crippen LogP contribution in [0, 0.1) is 17.0 Å². The number of carbonyl (C=O) groups is 2. The van der Waals surface area contributed by atoms with Crippen molar-refractivity contribution in [2.24, 2.45) is 0 Å². The number of hydrogen-bond donors (Lipinski definition) is 6. The maximum Gasteiger partial charge on any atom is 0.295 e. The third kappa shape index (κ3) is 7.47. The molecule has 4 aromatic carbocycles. The number of aryl methyl sites for hydroxylation is 1. The van der Waals surface area contributed by atoms with E-state index in [2.05, 4.69) is 10.6 Å². The Hall–Kier alpha value is -4.88. The van der Waals surface area contributed by atoms with Gasteiger partial charge in [0.2, 0.25) is 0 Å². The largest absolute Gasteiger partial charge is 0.322 e. The quantitative estimate of drug-likeness (QED) is 0.0814. The van der Waals surface area contributed by atoms with E-state index in [1.165, 1.54) is 19.1 Å². The Morgan fingerprint density at radius 1 is 0.646 bits per heavy atom. The molecule has 23 heteroatoms. The van der Waals surface area contributed by atoms with Gasteiger partial charge in [-0.05, 0) is 55.0 Å². The van der Waals surface area contributed by atoms with E-state index in [-0.39, 0.29) is 22.9 Å². The highest BCUT2D eigenvalue weighted by molar-refractivity contribution is 7.87. The van der Waals surface area contributed by atoms with E-state index >= 15 is 0 Å². The Kier molecular flexibility index (Phi) is 9.21. The highest BCUT2D eigenvalue weighted by Crippen LogP contribution is 2.37. The van der Waals surface area contributed by atoms with Crippen molar-refractivity contribution in [3.8, 4) is 0 Å². The van der Waals surface area contributed by atoms with Gasteiger partial charge in [0, 0.05) is 34.2 Å². The first kappa shape index (κ1) is 36.0. The molecule has 19 nitrogen and oxygen atoms in total. The van der Waals surface area contributed by atoms with Crippen molar-refractivity contribution in [1.29, 1.82) is 0 Å². The Morgan fingerprint density at radius 2 is 1.23 bits per heavy atom. The van der Waals surface area contributed by atoms with Crippen molar-refractivity contribution in [2.45, 2.75) is 26.5 Å². The molecular weight excluding hydrogens is 727 g/mol. The third-order valence-electron chi connectivity index (χ3n) is 6.56. The summed E-state index contributed by atoms with van der Waals surface area (Å²) >= 11 is 0. The molecule has 0 aromatic heterocycles. The average molecular weight is 746 g/mol. The molecule has 0 saturated heterocycles. The van der Waals surface area contributed by atoms with Gasteiger partial charge in [-0.2, -0.15) is 33.7 Å². The van der Waals surface area contributed by atoms with Crippen LogP contribution >= 0.6 is 0 Å². The molecule has 254 valence electrons. The van der Waals surface area contributed by atoms with Crippen LogP contribution in [0.1, 0.15) is 26.3 Å². The molecule has 0 heterocycles. The zero-order chi connectivity index (χ0) is 36.1. The van der Waals surface area contributed by atoms with Crippen LogP contribution in [0.15, 0.2) is 80.2 Å². The van der Waals surface area contributed by atoms with Crippen LogP contribution in [0.4, 0.5) is 17.1 Å². The van der Waals surface area contributed by atoms with Crippen molar-refractivity contribution in [2.75, 3.05) is 10.6 Å². The molecule has 0 aliphatic heterocycles. The van der Waals surface area contributed by atoms with Gasteiger partial charge in [0.25, 0.3) is 58.0 Å². The van der Waals surface area contributed by atoms with Gasteiger partial charge in [-0.15, -0.1) is 0 Å². The van der Waals surface area contributed by atoms with E-state index in [4.69, 9.17) is 0 Å². The topological polar surface area (TPSA) is 319 Å². The molecule has 0 aliphatic rings. The number of hydrogen-bond acceptors (Lipinski definition) is 12. The lowest BCUT2D eigenvalue weighted by atomic mass is 10.1. The zero-order valence-corrected chi connectivity index (χ0v) is 26.8. The summed E-state index contributed by atoms with van der Waals surface area (Å²) in [4.78, 5) is 31.8. The predicted molar refractivity (Wildman–Crippen MR) is 163 cm³/mol. The van der Waals surface area contributed by atoms with Crippen molar-refractivity contribution in [1.82, 2.24) is 0 Å². The molecule has 0 saturated carbocycles. The maximum atomic E-state index is 13.3. The first-order valence-corrected chi connectivity index (χ1v) is 18.2. The van der Waals surface area contributed by atoms with Gasteiger partial charge in [0.1, 0.15) is 14.7 Å². The molecule has 0 radical (unpaired) electrons. The molecule has 6 N–H and O–H groups in total. The van der Waals surface area contributed by atoms with Crippen molar-refractivity contribution in [3.63, 3.8) is 0 Å². The summed E-state index contributed by atoms with van der Waals surface area (Å²) in [7, 11) is -21.0. The highest BCUT2D eigenvalue weighted by atomic mass is 32.2. The van der Waals surface area contributed by atoms with E-state index in [1.54, 1.807) is 0 Å². The number of rotatable bonds is 9. The van der Waals surface area contributed by atoms with Gasteiger partial charge in [0.05, 0.1) is 21.1 Å². The van der Waals surface area contributed by atoms with Crippen molar-refractivity contribution in [3.05, 3.63) is 87.5 Å². The van der Waals surface area contributed by atoms with Crippen LogP contribution in [0.5, 0.6) is 0 Å². The van der Waals surface area contributed by atoms with Gasteiger partial charge in [0.15, 0.2) is 0 Å². The number of nitro benzene ring substituents is 1. The second-order valence-corrected chi connectivity index (χ2v) is 15.3. The monoisotopic (exact) mass is 745 g/mol. The number of benzene rings is 4. The first-order chi connectivity index (χ1) is 21.9. The van der Waals surface area contributed by atoms with Crippen LogP contribution in [0.25, 0.3) is 10.8 Å². The summed E-state index contributed by atoms with van der Waals surface area (Å²) in [5.41, 5.74) is -2.14. The van der Waals surface area contributed by atoms with Crippen LogP contribution in [-0.2, 0) is 40.5 Å². The lowest BCUT2D eigenvalue weighted by molar-refractivity contribution is -0.385. The van der Waals surface area contributed by atoms with Gasteiger partial charge in [-0.25, -0.2) is 0 Å². The minimum Gasteiger partial charge on any atom is -0.322 e. The predicted octanol–water partition coefficient (Wildman–Crippen LogP) is 2.55. The number of nitrogens with zero attached hydrogens (tertiary/aromatic N) is 1. The Morgan fingerprint density at radius 3 is 1.77 bits per heavy atom. The maximum absolute atomic E-state index is 13.3. The number of carbonyl (C=O) groups excluding carboxylic acids is 2. The second-order valence-electron chi connectivity index (χ2n) is 9.73. The number of amides is 2. The van der Waals surface area contributed by atoms with Gasteiger partial charge < -0.3 is 10.6 Å². The Labute approximate surface area is 270 Å². The number of non-ortho nitro benzene ring substituents is 1. The molecule has 2 amide bonds. The summed E-state index contributed by atoms with van der Waals surface area (Å²) < 4.78 is 134. The number of fused-ring (bicyclic) bond motifs is 1. The van der Waals surface area contributed by atoms with Crippen LogP contribution in [-0.4, -0.2) is 68.6 Å². The number of nitrogens with one attached hydrogen (secondary N) is 2. The molecule has 4 aromatic rings. The molecule has 48 heavy (non-hydrogen) atoms. The second kappa shape index (κ2) is 12.3. The van der Waals surface area contributed by atoms with E-state index in [0.29, 0.717) is 18.2 Å². The van der Waals surface area contributed by atoms with E-state index in [1.807, 2.05) is 0 Å². The Balaban J connectivity index is 1.81. The normalized spacial score (nSPS) is 12.4. The van der Waals surface area contributed by atoms with Crippen LogP contribution < -0.4 is 10.6 Å². The summed E-state index contributed by atoms with van der Waals surface area (Å²) in [6, 6.07) is 7.78. The minimum atomic E-state index is -5.42. The van der Waals surface area contributed by atoms with E-state index in [9.17, 15) is 71.6 Å². The molecule has 0 unspecified atom stereocenters. The van der Waals surface area contributed by atoms with Gasteiger partial charge in [-0.1, -0.05) is 6.07 Å². The molecule has 0 bridgehead atoms. The Bertz CT molecular complexity index is 2530. The summed E-state index contributed by atoms with van der Waals surface area (Å²) in [5, 5.41) is 13.9. The highest BCUT2D eigenvalue weighted by Gasteiger charge is 2.28. The number of nitro groups is 1. The van der Waals surface area contributed by atoms with Gasteiger partial charge >= 0.3 is 0 Å². The lowest BCUT2D eigenvalue weighted by Crippen LogP contribution is -2.18. The smallest absolute Gasteiger partial charge is 0.295 e. The molecule has 0 fully saturated rings. The fraction of sp³-hybridized carbons (Fsp3) is 0.0400.